The Kier molecular flexibility index (Phi) is 7.33. The Bertz CT molecular complexity index is 1280. The van der Waals surface area contributed by atoms with E-state index in [1.807, 2.05) is 13.1 Å². The van der Waals surface area contributed by atoms with Crippen LogP contribution in [0.4, 0.5) is 10.6 Å². The number of nitrogens with zero attached hydrogens (tertiary/aromatic N) is 4. The van der Waals surface area contributed by atoms with Crippen LogP contribution in [-0.4, -0.2) is 75.0 Å². The van der Waals surface area contributed by atoms with Crippen molar-refractivity contribution in [3.63, 3.8) is 0 Å². The number of amides is 1. The van der Waals surface area contributed by atoms with Gasteiger partial charge in [0.15, 0.2) is 37.6 Å². The Morgan fingerprint density at radius 1 is 1.14 bits per heavy atom. The second-order valence-electron chi connectivity index (χ2n) is 10.3. The van der Waals surface area contributed by atoms with Crippen molar-refractivity contribution in [2.45, 2.75) is 63.4 Å². The summed E-state index contributed by atoms with van der Waals surface area (Å²) in [5.41, 5.74) is 1.00. The molecule has 3 aromatic rings. The van der Waals surface area contributed by atoms with E-state index in [2.05, 4.69) is 41.0 Å². The van der Waals surface area contributed by atoms with Crippen LogP contribution in [0.25, 0.3) is 11.2 Å². The monoisotopic (exact) mass is 529 g/mol. The Balaban J connectivity index is 1.69. The molecule has 0 spiro atoms. The summed E-state index contributed by atoms with van der Waals surface area (Å²) in [4.78, 5) is 37.1. The summed E-state index contributed by atoms with van der Waals surface area (Å²) in [6.07, 6.45) is -2.68. The maximum atomic E-state index is 12.7. The number of hydrogen-bond acceptors (Lipinski definition) is 9. The summed E-state index contributed by atoms with van der Waals surface area (Å²) < 4.78 is 19.3. The molecule has 4 atom stereocenters. The van der Waals surface area contributed by atoms with Crippen LogP contribution in [0.1, 0.15) is 37.4 Å². The highest BCUT2D eigenvalue weighted by molar-refractivity contribution is 6.74. The van der Waals surface area contributed by atoms with Crippen LogP contribution in [0.5, 0.6) is 0 Å². The number of imidazole rings is 1. The second kappa shape index (κ2) is 10.2. The molecular weight excluding hydrogens is 498 g/mol. The largest absolute Gasteiger partial charge is 0.506 e. The van der Waals surface area contributed by atoms with E-state index in [1.165, 1.54) is 17.2 Å². The van der Waals surface area contributed by atoms with Gasteiger partial charge in [-0.25, -0.2) is 19.7 Å². The number of aliphatic hydroxyl groups excluding tert-OH is 1. The number of anilines is 1. The lowest BCUT2D eigenvalue weighted by Crippen LogP contribution is -2.50. The molecule has 37 heavy (non-hydrogen) atoms. The quantitative estimate of drug-likeness (QED) is 0.306. The van der Waals surface area contributed by atoms with Gasteiger partial charge >= 0.3 is 6.16 Å². The van der Waals surface area contributed by atoms with Gasteiger partial charge in [-0.2, -0.15) is 0 Å². The SMILES string of the molecule is CC(C)(C)[Si](C)(C)OC1C(OC(=O)O)[C@H](n2cnc3c(NC(=O)c4ccccc4)ncnc32)O[C@@H]1CO. The minimum atomic E-state index is -2.41. The number of benzene rings is 1. The van der Waals surface area contributed by atoms with Crippen molar-refractivity contribution >= 4 is 37.4 Å². The first-order chi connectivity index (χ1) is 17.4. The van der Waals surface area contributed by atoms with Gasteiger partial charge in [-0.3, -0.25) is 9.36 Å². The van der Waals surface area contributed by atoms with Gasteiger partial charge in [0, 0.05) is 5.56 Å². The maximum absolute atomic E-state index is 12.7. The highest BCUT2D eigenvalue weighted by atomic mass is 28.4. The number of aromatic nitrogens is 4. The number of aliphatic hydroxyl groups is 1. The van der Waals surface area contributed by atoms with Crippen molar-refractivity contribution in [2.24, 2.45) is 0 Å². The molecule has 0 aliphatic carbocycles. The Morgan fingerprint density at radius 3 is 2.46 bits per heavy atom. The molecule has 0 bridgehead atoms. The number of rotatable bonds is 7. The molecule has 3 N–H and O–H groups in total. The smallest absolute Gasteiger partial charge is 0.450 e. The number of nitrogens with one attached hydrogen (secondary N) is 1. The zero-order valence-corrected chi connectivity index (χ0v) is 22.3. The molecule has 1 aliphatic heterocycles. The summed E-state index contributed by atoms with van der Waals surface area (Å²) in [6, 6.07) is 8.65. The lowest BCUT2D eigenvalue weighted by Gasteiger charge is -2.40. The summed E-state index contributed by atoms with van der Waals surface area (Å²) in [6.45, 7) is 9.80. The van der Waals surface area contributed by atoms with Gasteiger partial charge in [-0.05, 0) is 30.3 Å². The molecule has 0 saturated carbocycles. The van der Waals surface area contributed by atoms with Crippen LogP contribution in [0, 0.1) is 0 Å². The van der Waals surface area contributed by atoms with Crippen LogP contribution in [0.15, 0.2) is 43.0 Å². The van der Waals surface area contributed by atoms with Crippen LogP contribution >= 0.6 is 0 Å². The summed E-state index contributed by atoms with van der Waals surface area (Å²) in [5, 5.41) is 22.1. The molecule has 1 amide bonds. The molecule has 2 aromatic heterocycles. The van der Waals surface area contributed by atoms with E-state index in [1.54, 1.807) is 30.3 Å². The molecule has 1 aliphatic rings. The van der Waals surface area contributed by atoms with E-state index in [9.17, 15) is 19.8 Å². The molecule has 1 saturated heterocycles. The van der Waals surface area contributed by atoms with Crippen LogP contribution in [0.3, 0.4) is 0 Å². The molecular formula is C24H31N5O7Si. The summed E-state index contributed by atoms with van der Waals surface area (Å²) in [7, 11) is -2.41. The third-order valence-corrected chi connectivity index (χ3v) is 11.3. The van der Waals surface area contributed by atoms with Crippen molar-refractivity contribution in [1.82, 2.24) is 19.5 Å². The summed E-state index contributed by atoms with van der Waals surface area (Å²) in [5.74, 6) is -0.193. The van der Waals surface area contributed by atoms with Crippen LogP contribution < -0.4 is 5.32 Å². The van der Waals surface area contributed by atoms with E-state index in [4.69, 9.17) is 13.9 Å². The minimum absolute atomic E-state index is 0.180. The van der Waals surface area contributed by atoms with Gasteiger partial charge in [0.2, 0.25) is 0 Å². The molecule has 198 valence electrons. The average molecular weight is 530 g/mol. The fourth-order valence-corrected chi connectivity index (χ4v) is 5.20. The molecule has 1 fully saturated rings. The third-order valence-electron chi connectivity index (χ3n) is 6.84. The van der Waals surface area contributed by atoms with Gasteiger partial charge < -0.3 is 29.4 Å². The van der Waals surface area contributed by atoms with Crippen molar-refractivity contribution in [1.29, 1.82) is 0 Å². The van der Waals surface area contributed by atoms with Crippen molar-refractivity contribution < 1.29 is 33.7 Å². The second-order valence-corrected chi connectivity index (χ2v) is 15.1. The van der Waals surface area contributed by atoms with Gasteiger partial charge in [0.25, 0.3) is 5.91 Å². The number of fused-ring (bicyclic) bond motifs is 1. The Hall–Kier alpha value is -3.39. The van der Waals surface area contributed by atoms with Crippen LogP contribution in [-0.2, 0) is 13.9 Å². The first kappa shape index (κ1) is 26.7. The lowest BCUT2D eigenvalue weighted by atomic mass is 10.1. The maximum Gasteiger partial charge on any atom is 0.506 e. The first-order valence-electron chi connectivity index (χ1n) is 11.8. The number of carbonyl (C=O) groups excluding carboxylic acids is 1. The van der Waals surface area contributed by atoms with Gasteiger partial charge in [0.1, 0.15) is 18.5 Å². The normalized spacial score (nSPS) is 22.2. The molecule has 2 unspecified atom stereocenters. The predicted octanol–water partition coefficient (Wildman–Crippen LogP) is 3.42. The van der Waals surface area contributed by atoms with E-state index in [0.717, 1.165) is 0 Å². The van der Waals surface area contributed by atoms with Crippen molar-refractivity contribution in [3.05, 3.63) is 48.5 Å². The standard InChI is InChI=1S/C24H31N5O7Si/c1-24(2,3)37(4,5)36-17-15(11-30)34-22(18(17)35-23(32)33)29-13-27-16-19(25-12-26-20(16)29)28-21(31)14-9-7-6-8-10-14/h6-10,12-13,15,17-18,22,30H,11H2,1-5H3,(H,32,33)(H,25,26,28,31)/t15-,17?,18?,22-/m1/s1. The van der Waals surface area contributed by atoms with Gasteiger partial charge in [-0.15, -0.1) is 0 Å². The zero-order chi connectivity index (χ0) is 27.0. The van der Waals surface area contributed by atoms with Crippen molar-refractivity contribution in [2.75, 3.05) is 11.9 Å². The summed E-state index contributed by atoms with van der Waals surface area (Å²) >= 11 is 0. The number of carbonyl (C=O) groups is 2. The Morgan fingerprint density at radius 2 is 1.84 bits per heavy atom. The van der Waals surface area contributed by atoms with Crippen molar-refractivity contribution in [3.8, 4) is 0 Å². The molecule has 4 rings (SSSR count). The molecule has 13 heteroatoms. The number of hydrogen-bond donors (Lipinski definition) is 3. The van der Waals surface area contributed by atoms with Gasteiger partial charge in [-0.1, -0.05) is 39.0 Å². The molecule has 3 heterocycles. The fourth-order valence-electron chi connectivity index (χ4n) is 3.88. The number of carboxylic acid groups (broad SMARTS) is 1. The van der Waals surface area contributed by atoms with Crippen LogP contribution in [0.2, 0.25) is 18.1 Å². The van der Waals surface area contributed by atoms with E-state index in [0.29, 0.717) is 5.56 Å². The number of ether oxygens (including phenoxy) is 2. The molecule has 0 radical (unpaired) electrons. The third kappa shape index (κ3) is 5.34. The van der Waals surface area contributed by atoms with E-state index >= 15 is 0 Å². The average Bonchev–Trinajstić information content (AvgIpc) is 3.40. The topological polar surface area (TPSA) is 158 Å². The molecule has 12 nitrogen and oxygen atoms in total. The molecule has 1 aromatic carbocycles. The fraction of sp³-hybridized carbons (Fsp3) is 0.458. The lowest BCUT2D eigenvalue weighted by molar-refractivity contribution is -0.0582. The Labute approximate surface area is 214 Å². The van der Waals surface area contributed by atoms with E-state index in [-0.39, 0.29) is 27.9 Å². The van der Waals surface area contributed by atoms with Gasteiger partial charge in [0.05, 0.1) is 12.9 Å². The zero-order valence-electron chi connectivity index (χ0n) is 21.3. The van der Waals surface area contributed by atoms with E-state index < -0.39 is 45.6 Å². The minimum Gasteiger partial charge on any atom is -0.450 e. The highest BCUT2D eigenvalue weighted by Gasteiger charge is 2.53. The first-order valence-corrected chi connectivity index (χ1v) is 14.7. The highest BCUT2D eigenvalue weighted by Crippen LogP contribution is 2.42. The predicted molar refractivity (Wildman–Crippen MR) is 136 cm³/mol.